The van der Waals surface area contributed by atoms with Crippen molar-refractivity contribution >= 4 is 5.91 Å². The molecule has 1 N–H and O–H groups in total. The van der Waals surface area contributed by atoms with E-state index in [1.807, 2.05) is 12.1 Å². The summed E-state index contributed by atoms with van der Waals surface area (Å²) in [6.45, 7) is 0.379. The molecule has 1 amide bonds. The first-order valence-corrected chi connectivity index (χ1v) is 10.6. The monoisotopic (exact) mass is 424 g/mol. The first kappa shape index (κ1) is 21.0. The van der Waals surface area contributed by atoms with E-state index in [2.05, 4.69) is 20.4 Å². The van der Waals surface area contributed by atoms with Crippen molar-refractivity contribution in [3.8, 4) is 17.3 Å². The van der Waals surface area contributed by atoms with Gasteiger partial charge in [0.05, 0.1) is 0 Å². The number of benzene rings is 1. The molecule has 4 rings (SSSR count). The largest absolute Gasteiger partial charge is 0.474 e. The van der Waals surface area contributed by atoms with Crippen molar-refractivity contribution in [1.82, 2.24) is 20.4 Å². The SMILES string of the molecule is O=C(CCCc1nc(-c2ccc(F)cc2)no1)NCc1cccnc1OC1CCCC1. The number of amides is 1. The lowest BCUT2D eigenvalue weighted by Gasteiger charge is -2.15. The fourth-order valence-electron chi connectivity index (χ4n) is 3.58. The Kier molecular flexibility index (Phi) is 6.86. The van der Waals surface area contributed by atoms with Gasteiger partial charge in [-0.1, -0.05) is 11.2 Å². The molecule has 3 aromatic rings. The molecule has 0 saturated heterocycles. The van der Waals surface area contributed by atoms with Crippen LogP contribution in [0.5, 0.6) is 5.88 Å². The molecule has 162 valence electrons. The summed E-state index contributed by atoms with van der Waals surface area (Å²) in [5.41, 5.74) is 1.56. The van der Waals surface area contributed by atoms with Gasteiger partial charge in [-0.2, -0.15) is 4.98 Å². The van der Waals surface area contributed by atoms with Gasteiger partial charge >= 0.3 is 0 Å². The van der Waals surface area contributed by atoms with Gasteiger partial charge in [-0.05, 0) is 62.4 Å². The number of ether oxygens (including phenoxy) is 1. The van der Waals surface area contributed by atoms with Crippen LogP contribution in [-0.4, -0.2) is 27.1 Å². The van der Waals surface area contributed by atoms with Crippen LogP contribution in [0, 0.1) is 5.82 Å². The zero-order valence-corrected chi connectivity index (χ0v) is 17.2. The predicted octanol–water partition coefficient (Wildman–Crippen LogP) is 4.23. The summed E-state index contributed by atoms with van der Waals surface area (Å²) in [6, 6.07) is 9.66. The summed E-state index contributed by atoms with van der Waals surface area (Å²) in [4.78, 5) is 20.9. The molecule has 1 aliphatic carbocycles. The highest BCUT2D eigenvalue weighted by Gasteiger charge is 2.18. The molecular weight excluding hydrogens is 399 g/mol. The van der Waals surface area contributed by atoms with Crippen molar-refractivity contribution in [2.75, 3.05) is 0 Å². The first-order valence-electron chi connectivity index (χ1n) is 10.6. The average molecular weight is 424 g/mol. The van der Waals surface area contributed by atoms with Gasteiger partial charge in [0.1, 0.15) is 11.9 Å². The standard InChI is InChI=1S/C23H25FN4O3/c24-18-12-10-16(11-13-18)22-27-21(31-28-22)9-3-8-20(29)26-15-17-5-4-14-25-23(17)30-19-6-1-2-7-19/h4-5,10-14,19H,1-3,6-9,15H2,(H,26,29). The minimum atomic E-state index is -0.318. The molecule has 31 heavy (non-hydrogen) atoms. The third kappa shape index (κ3) is 5.87. The Morgan fingerprint density at radius 3 is 2.81 bits per heavy atom. The molecule has 0 radical (unpaired) electrons. The van der Waals surface area contributed by atoms with E-state index in [9.17, 15) is 9.18 Å². The van der Waals surface area contributed by atoms with Crippen LogP contribution in [0.4, 0.5) is 4.39 Å². The second kappa shape index (κ2) is 10.1. The maximum absolute atomic E-state index is 13.0. The van der Waals surface area contributed by atoms with Crippen molar-refractivity contribution in [3.05, 3.63) is 59.9 Å². The summed E-state index contributed by atoms with van der Waals surface area (Å²) in [5.74, 6) is 1.09. The van der Waals surface area contributed by atoms with Crippen LogP contribution in [0.25, 0.3) is 11.4 Å². The second-order valence-corrected chi connectivity index (χ2v) is 7.64. The highest BCUT2D eigenvalue weighted by atomic mass is 19.1. The number of carbonyl (C=O) groups is 1. The van der Waals surface area contributed by atoms with Gasteiger partial charge in [-0.15, -0.1) is 0 Å². The van der Waals surface area contributed by atoms with Crippen LogP contribution in [0.2, 0.25) is 0 Å². The van der Waals surface area contributed by atoms with E-state index in [1.54, 1.807) is 18.3 Å². The Morgan fingerprint density at radius 1 is 1.19 bits per heavy atom. The van der Waals surface area contributed by atoms with Crippen LogP contribution >= 0.6 is 0 Å². The molecule has 1 aromatic carbocycles. The molecule has 1 saturated carbocycles. The predicted molar refractivity (Wildman–Crippen MR) is 112 cm³/mol. The van der Waals surface area contributed by atoms with Crippen LogP contribution < -0.4 is 10.1 Å². The smallest absolute Gasteiger partial charge is 0.226 e. The number of nitrogens with one attached hydrogen (secondary N) is 1. The molecule has 7 nitrogen and oxygen atoms in total. The van der Waals surface area contributed by atoms with Gasteiger partial charge in [0.25, 0.3) is 0 Å². The quantitative estimate of drug-likeness (QED) is 0.553. The van der Waals surface area contributed by atoms with E-state index in [0.717, 1.165) is 18.4 Å². The van der Waals surface area contributed by atoms with E-state index in [0.29, 0.717) is 49.0 Å². The maximum atomic E-state index is 13.0. The van der Waals surface area contributed by atoms with E-state index in [4.69, 9.17) is 9.26 Å². The average Bonchev–Trinajstić information content (AvgIpc) is 3.46. The number of rotatable bonds is 9. The molecule has 8 heteroatoms. The molecular formula is C23H25FN4O3. The zero-order chi connectivity index (χ0) is 21.5. The van der Waals surface area contributed by atoms with Gasteiger partial charge in [0.2, 0.25) is 23.5 Å². The molecule has 0 spiro atoms. The topological polar surface area (TPSA) is 90.1 Å². The number of aryl methyl sites for hydroxylation is 1. The zero-order valence-electron chi connectivity index (χ0n) is 17.2. The van der Waals surface area contributed by atoms with Crippen molar-refractivity contribution in [2.24, 2.45) is 0 Å². The lowest BCUT2D eigenvalue weighted by molar-refractivity contribution is -0.121. The lowest BCUT2D eigenvalue weighted by atomic mass is 10.2. The van der Waals surface area contributed by atoms with Gasteiger partial charge in [0, 0.05) is 36.7 Å². The van der Waals surface area contributed by atoms with Crippen LogP contribution in [0.15, 0.2) is 47.1 Å². The second-order valence-electron chi connectivity index (χ2n) is 7.64. The molecule has 2 heterocycles. The van der Waals surface area contributed by atoms with E-state index in [-0.39, 0.29) is 17.8 Å². The number of hydrogen-bond acceptors (Lipinski definition) is 6. The Hall–Kier alpha value is -3.29. The fraction of sp³-hybridized carbons (Fsp3) is 0.391. The number of aromatic nitrogens is 3. The maximum Gasteiger partial charge on any atom is 0.226 e. The molecule has 0 unspecified atom stereocenters. The van der Waals surface area contributed by atoms with Gasteiger partial charge in [-0.3, -0.25) is 4.79 Å². The van der Waals surface area contributed by atoms with Crippen LogP contribution in [0.3, 0.4) is 0 Å². The Balaban J connectivity index is 1.22. The van der Waals surface area contributed by atoms with Crippen molar-refractivity contribution < 1.29 is 18.4 Å². The van der Waals surface area contributed by atoms with Gasteiger partial charge in [0.15, 0.2) is 0 Å². The van der Waals surface area contributed by atoms with E-state index >= 15 is 0 Å². The summed E-state index contributed by atoms with van der Waals surface area (Å²) < 4.78 is 24.3. The number of hydrogen-bond donors (Lipinski definition) is 1. The molecule has 1 aliphatic rings. The number of nitrogens with zero attached hydrogens (tertiary/aromatic N) is 3. The molecule has 0 atom stereocenters. The molecule has 0 bridgehead atoms. The van der Waals surface area contributed by atoms with Crippen molar-refractivity contribution in [3.63, 3.8) is 0 Å². The Labute approximate surface area is 180 Å². The Bertz CT molecular complexity index is 1000. The number of halogens is 1. The third-order valence-corrected chi connectivity index (χ3v) is 5.27. The van der Waals surface area contributed by atoms with E-state index in [1.165, 1.54) is 25.0 Å². The third-order valence-electron chi connectivity index (χ3n) is 5.27. The summed E-state index contributed by atoms with van der Waals surface area (Å²) >= 11 is 0. The molecule has 1 fully saturated rings. The minimum absolute atomic E-state index is 0.0612. The summed E-state index contributed by atoms with van der Waals surface area (Å²) in [6.07, 6.45) is 7.83. The van der Waals surface area contributed by atoms with Gasteiger partial charge < -0.3 is 14.6 Å². The number of pyridine rings is 1. The highest BCUT2D eigenvalue weighted by Crippen LogP contribution is 2.25. The van der Waals surface area contributed by atoms with Gasteiger partial charge in [-0.25, -0.2) is 9.37 Å². The van der Waals surface area contributed by atoms with E-state index < -0.39 is 0 Å². The molecule has 0 aliphatic heterocycles. The van der Waals surface area contributed by atoms with Crippen molar-refractivity contribution in [2.45, 2.75) is 57.6 Å². The van der Waals surface area contributed by atoms with Crippen LogP contribution in [0.1, 0.15) is 50.0 Å². The summed E-state index contributed by atoms with van der Waals surface area (Å²) in [7, 11) is 0. The van der Waals surface area contributed by atoms with Crippen LogP contribution in [-0.2, 0) is 17.8 Å². The summed E-state index contributed by atoms with van der Waals surface area (Å²) in [5, 5.41) is 6.84. The lowest BCUT2D eigenvalue weighted by Crippen LogP contribution is -2.23. The fourth-order valence-corrected chi connectivity index (χ4v) is 3.58. The highest BCUT2D eigenvalue weighted by molar-refractivity contribution is 5.75. The Morgan fingerprint density at radius 2 is 2.00 bits per heavy atom. The van der Waals surface area contributed by atoms with Crippen molar-refractivity contribution in [1.29, 1.82) is 0 Å². The number of carbonyl (C=O) groups excluding carboxylic acids is 1. The normalized spacial score (nSPS) is 14.0. The minimum Gasteiger partial charge on any atom is -0.474 e. The molecule has 2 aromatic heterocycles. The first-order chi connectivity index (χ1) is 15.2.